The van der Waals surface area contributed by atoms with Crippen molar-refractivity contribution in [1.82, 2.24) is 0 Å². The molecule has 0 saturated heterocycles. The average molecular weight is 225 g/mol. The highest BCUT2D eigenvalue weighted by Gasteiger charge is 2.12. The zero-order chi connectivity index (χ0) is 11.1. The van der Waals surface area contributed by atoms with Gasteiger partial charge in [0.15, 0.2) is 0 Å². The first kappa shape index (κ1) is 12.4. The molecule has 2 N–H and O–H groups in total. The molecule has 15 heavy (non-hydrogen) atoms. The molecule has 0 fully saturated rings. The van der Waals surface area contributed by atoms with Gasteiger partial charge in [0, 0.05) is 11.3 Å². The largest absolute Gasteiger partial charge is 0.322 e. The minimum absolute atomic E-state index is 0.205. The highest BCUT2D eigenvalue weighted by atomic mass is 32.1. The first-order chi connectivity index (χ1) is 7.24. The smallest absolute Gasteiger partial charge is 0.149 e. The van der Waals surface area contributed by atoms with Crippen LogP contribution in [0.25, 0.3) is 0 Å². The molecule has 84 valence electrons. The number of thiophene rings is 1. The summed E-state index contributed by atoms with van der Waals surface area (Å²) in [7, 11) is 0. The molecule has 0 amide bonds. The summed E-state index contributed by atoms with van der Waals surface area (Å²) in [5.74, 6) is 0.205. The summed E-state index contributed by atoms with van der Waals surface area (Å²) in [5.41, 5.74) is 5.80. The number of carbonyl (C=O) groups excluding carboxylic acids is 1. The summed E-state index contributed by atoms with van der Waals surface area (Å²) in [6.07, 6.45) is 4.42. The summed E-state index contributed by atoms with van der Waals surface area (Å²) in [6, 6.07) is 3.83. The number of ketones is 1. The number of carbonyl (C=O) groups is 1. The van der Waals surface area contributed by atoms with Gasteiger partial charge in [0.25, 0.3) is 0 Å². The summed E-state index contributed by atoms with van der Waals surface area (Å²) < 4.78 is 0. The van der Waals surface area contributed by atoms with Gasteiger partial charge in [-0.25, -0.2) is 0 Å². The molecule has 1 heterocycles. The molecule has 0 aliphatic rings. The molecule has 0 saturated carbocycles. The lowest BCUT2D eigenvalue weighted by molar-refractivity contribution is -0.120. The van der Waals surface area contributed by atoms with Crippen LogP contribution in [0.4, 0.5) is 0 Å². The number of Topliss-reactive ketones (excluding diaryl/α,β-unsaturated/α-hetero) is 1. The van der Waals surface area contributed by atoms with E-state index in [0.29, 0.717) is 6.42 Å². The lowest BCUT2D eigenvalue weighted by Gasteiger charge is -2.08. The maximum absolute atomic E-state index is 11.6. The van der Waals surface area contributed by atoms with Crippen LogP contribution < -0.4 is 5.73 Å². The molecule has 1 aromatic heterocycles. The Hall–Kier alpha value is -0.670. The van der Waals surface area contributed by atoms with E-state index >= 15 is 0 Å². The highest BCUT2D eigenvalue weighted by molar-refractivity contribution is 7.09. The van der Waals surface area contributed by atoms with Crippen LogP contribution in [0.5, 0.6) is 0 Å². The van der Waals surface area contributed by atoms with Crippen LogP contribution in [0, 0.1) is 0 Å². The molecule has 0 bridgehead atoms. The maximum atomic E-state index is 11.6. The third kappa shape index (κ3) is 4.58. The van der Waals surface area contributed by atoms with Crippen molar-refractivity contribution >= 4 is 17.1 Å². The fraction of sp³-hybridized carbons (Fsp3) is 0.583. The molecule has 1 unspecified atom stereocenters. The Morgan fingerprint density at radius 1 is 1.60 bits per heavy atom. The summed E-state index contributed by atoms with van der Waals surface area (Å²) in [6.45, 7) is 2.11. The van der Waals surface area contributed by atoms with Crippen molar-refractivity contribution in [2.24, 2.45) is 5.73 Å². The molecular formula is C12H19NOS. The van der Waals surface area contributed by atoms with Crippen LogP contribution in [0.2, 0.25) is 0 Å². The standard InChI is InChI=1S/C12H19NOS/c1-2-3-6-11(13)12(14)8-7-10-5-4-9-15-10/h4-5,9,11H,2-3,6-8,13H2,1H3. The molecule has 0 radical (unpaired) electrons. The van der Waals surface area contributed by atoms with Crippen molar-refractivity contribution in [1.29, 1.82) is 0 Å². The Morgan fingerprint density at radius 2 is 2.40 bits per heavy atom. The van der Waals surface area contributed by atoms with Crippen LogP contribution in [0.1, 0.15) is 37.5 Å². The molecule has 0 aromatic carbocycles. The van der Waals surface area contributed by atoms with Gasteiger partial charge in [0.1, 0.15) is 5.78 Å². The number of aryl methyl sites for hydroxylation is 1. The number of nitrogens with two attached hydrogens (primary N) is 1. The summed E-state index contributed by atoms with van der Waals surface area (Å²) in [4.78, 5) is 12.9. The predicted molar refractivity (Wildman–Crippen MR) is 65.1 cm³/mol. The average Bonchev–Trinajstić information content (AvgIpc) is 2.75. The number of hydrogen-bond acceptors (Lipinski definition) is 3. The molecule has 2 nitrogen and oxygen atoms in total. The fourth-order valence-electron chi connectivity index (χ4n) is 1.47. The molecule has 1 atom stereocenters. The van der Waals surface area contributed by atoms with E-state index in [-0.39, 0.29) is 11.8 Å². The third-order valence-electron chi connectivity index (χ3n) is 2.48. The topological polar surface area (TPSA) is 43.1 Å². The zero-order valence-electron chi connectivity index (χ0n) is 9.24. The quantitative estimate of drug-likeness (QED) is 0.775. The summed E-state index contributed by atoms with van der Waals surface area (Å²) >= 11 is 1.70. The maximum Gasteiger partial charge on any atom is 0.149 e. The van der Waals surface area contributed by atoms with Crippen LogP contribution in [-0.2, 0) is 11.2 Å². The van der Waals surface area contributed by atoms with Gasteiger partial charge >= 0.3 is 0 Å². The van der Waals surface area contributed by atoms with E-state index in [0.717, 1.165) is 25.7 Å². The fourth-order valence-corrected chi connectivity index (χ4v) is 2.18. The van der Waals surface area contributed by atoms with Gasteiger partial charge in [0.05, 0.1) is 6.04 Å². The lowest BCUT2D eigenvalue weighted by atomic mass is 10.0. The van der Waals surface area contributed by atoms with E-state index in [1.165, 1.54) is 4.88 Å². The Kier molecular flexibility index (Phi) is 5.58. The third-order valence-corrected chi connectivity index (χ3v) is 3.42. The number of unbranched alkanes of at least 4 members (excludes halogenated alkanes) is 1. The second-order valence-corrected chi connectivity index (χ2v) is 4.83. The van der Waals surface area contributed by atoms with Crippen molar-refractivity contribution in [3.63, 3.8) is 0 Å². The molecule has 1 aromatic rings. The summed E-state index contributed by atoms with van der Waals surface area (Å²) in [5, 5.41) is 2.04. The van der Waals surface area contributed by atoms with Crippen LogP contribution >= 0.6 is 11.3 Å². The Morgan fingerprint density at radius 3 is 3.00 bits per heavy atom. The monoisotopic (exact) mass is 225 g/mol. The zero-order valence-corrected chi connectivity index (χ0v) is 10.1. The van der Waals surface area contributed by atoms with Crippen molar-refractivity contribution in [3.8, 4) is 0 Å². The second kappa shape index (κ2) is 6.75. The highest BCUT2D eigenvalue weighted by Crippen LogP contribution is 2.12. The van der Waals surface area contributed by atoms with Gasteiger partial charge in [-0.05, 0) is 24.3 Å². The SMILES string of the molecule is CCCCC(N)C(=O)CCc1cccs1. The number of hydrogen-bond donors (Lipinski definition) is 1. The van der Waals surface area contributed by atoms with Crippen LogP contribution in [0.3, 0.4) is 0 Å². The molecule has 0 aliphatic heterocycles. The Labute approximate surface area is 95.5 Å². The van der Waals surface area contributed by atoms with Crippen molar-refractivity contribution in [2.75, 3.05) is 0 Å². The molecule has 0 spiro atoms. The van der Waals surface area contributed by atoms with Gasteiger partial charge in [-0.2, -0.15) is 0 Å². The van der Waals surface area contributed by atoms with E-state index in [1.54, 1.807) is 11.3 Å². The van der Waals surface area contributed by atoms with Crippen LogP contribution in [-0.4, -0.2) is 11.8 Å². The van der Waals surface area contributed by atoms with Crippen molar-refractivity contribution < 1.29 is 4.79 Å². The van der Waals surface area contributed by atoms with Gasteiger partial charge in [0.2, 0.25) is 0 Å². The van der Waals surface area contributed by atoms with Gasteiger partial charge in [-0.1, -0.05) is 25.8 Å². The van der Waals surface area contributed by atoms with Crippen LogP contribution in [0.15, 0.2) is 17.5 Å². The van der Waals surface area contributed by atoms with E-state index < -0.39 is 0 Å². The first-order valence-electron chi connectivity index (χ1n) is 5.54. The molecule has 3 heteroatoms. The Balaban J connectivity index is 2.23. The van der Waals surface area contributed by atoms with Crippen molar-refractivity contribution in [2.45, 2.75) is 45.1 Å². The second-order valence-electron chi connectivity index (χ2n) is 3.79. The minimum Gasteiger partial charge on any atom is -0.322 e. The van der Waals surface area contributed by atoms with E-state index in [9.17, 15) is 4.79 Å². The minimum atomic E-state index is -0.245. The normalized spacial score (nSPS) is 12.7. The molecule has 0 aliphatic carbocycles. The van der Waals surface area contributed by atoms with Gasteiger partial charge < -0.3 is 5.73 Å². The number of rotatable bonds is 7. The molecule has 1 rings (SSSR count). The van der Waals surface area contributed by atoms with Crippen molar-refractivity contribution in [3.05, 3.63) is 22.4 Å². The predicted octanol–water partition coefficient (Wildman–Crippen LogP) is 2.77. The van der Waals surface area contributed by atoms with Gasteiger partial charge in [-0.3, -0.25) is 4.79 Å². The van der Waals surface area contributed by atoms with E-state index in [1.807, 2.05) is 11.4 Å². The first-order valence-corrected chi connectivity index (χ1v) is 6.42. The van der Waals surface area contributed by atoms with E-state index in [2.05, 4.69) is 13.0 Å². The van der Waals surface area contributed by atoms with E-state index in [4.69, 9.17) is 5.73 Å². The molecular weight excluding hydrogens is 206 g/mol. The lowest BCUT2D eigenvalue weighted by Crippen LogP contribution is -2.30. The Bertz CT molecular complexity index is 282. The van der Waals surface area contributed by atoms with Gasteiger partial charge in [-0.15, -0.1) is 11.3 Å².